The number of nitrogens with two attached hydrogens (primary N) is 1. The first-order chi connectivity index (χ1) is 10.8. The van der Waals surface area contributed by atoms with Crippen molar-refractivity contribution in [3.05, 3.63) is 0 Å². The fourth-order valence-corrected chi connectivity index (χ4v) is 2.62. The van der Waals surface area contributed by atoms with Crippen molar-refractivity contribution in [2.75, 3.05) is 26.2 Å². The molecule has 0 aromatic rings. The van der Waals surface area contributed by atoms with E-state index in [1.807, 2.05) is 32.6 Å². The first-order valence-corrected chi connectivity index (χ1v) is 8.76. The predicted molar refractivity (Wildman–Crippen MR) is 90.8 cm³/mol. The molecular weight excluding hydrogens is 294 g/mol. The number of amides is 2. The highest BCUT2D eigenvalue weighted by molar-refractivity contribution is 5.81. The molecule has 1 rings (SSSR count). The Labute approximate surface area is 140 Å². The van der Waals surface area contributed by atoms with Crippen LogP contribution < -0.4 is 11.1 Å². The van der Waals surface area contributed by atoms with Crippen LogP contribution in [0.5, 0.6) is 0 Å². The summed E-state index contributed by atoms with van der Waals surface area (Å²) in [5.74, 6) is 0.0450. The van der Waals surface area contributed by atoms with Gasteiger partial charge in [-0.25, -0.2) is 0 Å². The van der Waals surface area contributed by atoms with Crippen LogP contribution >= 0.6 is 0 Å². The van der Waals surface area contributed by atoms with E-state index in [0.717, 1.165) is 19.3 Å². The summed E-state index contributed by atoms with van der Waals surface area (Å²) in [4.78, 5) is 26.2. The maximum Gasteiger partial charge on any atom is 0.226 e. The van der Waals surface area contributed by atoms with E-state index in [0.29, 0.717) is 26.2 Å². The minimum absolute atomic E-state index is 0.00988. The highest BCUT2D eigenvalue weighted by atomic mass is 16.5. The van der Waals surface area contributed by atoms with Crippen molar-refractivity contribution >= 4 is 11.8 Å². The molecule has 0 radical (unpaired) electrons. The molecule has 0 bridgehead atoms. The van der Waals surface area contributed by atoms with E-state index in [1.54, 1.807) is 0 Å². The van der Waals surface area contributed by atoms with Crippen molar-refractivity contribution in [1.29, 1.82) is 0 Å². The first kappa shape index (κ1) is 19.9. The van der Waals surface area contributed by atoms with E-state index >= 15 is 0 Å². The summed E-state index contributed by atoms with van der Waals surface area (Å²) in [6, 6.07) is -0.142. The number of hydrogen-bond acceptors (Lipinski definition) is 4. The van der Waals surface area contributed by atoms with E-state index in [9.17, 15) is 9.59 Å². The van der Waals surface area contributed by atoms with Crippen molar-refractivity contribution in [2.45, 2.75) is 59.1 Å². The monoisotopic (exact) mass is 327 g/mol. The molecule has 2 unspecified atom stereocenters. The van der Waals surface area contributed by atoms with Gasteiger partial charge in [0.2, 0.25) is 11.8 Å². The van der Waals surface area contributed by atoms with Crippen molar-refractivity contribution in [1.82, 2.24) is 10.2 Å². The fraction of sp³-hybridized carbons (Fsp3) is 0.882. The van der Waals surface area contributed by atoms with Crippen molar-refractivity contribution < 1.29 is 14.3 Å². The Morgan fingerprint density at radius 3 is 2.35 bits per heavy atom. The van der Waals surface area contributed by atoms with E-state index in [-0.39, 0.29) is 35.8 Å². The molecule has 1 saturated heterocycles. The van der Waals surface area contributed by atoms with Crippen molar-refractivity contribution in [3.8, 4) is 0 Å². The Morgan fingerprint density at radius 2 is 1.83 bits per heavy atom. The van der Waals surface area contributed by atoms with Gasteiger partial charge in [-0.1, -0.05) is 6.92 Å². The third kappa shape index (κ3) is 6.87. The van der Waals surface area contributed by atoms with Crippen LogP contribution in [0.4, 0.5) is 0 Å². The normalized spacial score (nSPS) is 18.8. The van der Waals surface area contributed by atoms with Crippen molar-refractivity contribution in [2.24, 2.45) is 17.6 Å². The molecule has 6 nitrogen and oxygen atoms in total. The van der Waals surface area contributed by atoms with Gasteiger partial charge in [-0.05, 0) is 40.0 Å². The number of nitrogens with one attached hydrogen (secondary N) is 1. The zero-order chi connectivity index (χ0) is 17.4. The molecule has 1 aliphatic heterocycles. The topological polar surface area (TPSA) is 84.7 Å². The molecule has 3 N–H and O–H groups in total. The maximum atomic E-state index is 12.2. The molecule has 2 atom stereocenters. The molecule has 0 aromatic carbocycles. The Bertz CT molecular complexity index is 377. The number of rotatable bonds is 8. The lowest BCUT2D eigenvalue weighted by atomic mass is 9.94. The smallest absolute Gasteiger partial charge is 0.226 e. The van der Waals surface area contributed by atoms with Gasteiger partial charge >= 0.3 is 0 Å². The Morgan fingerprint density at radius 1 is 1.22 bits per heavy atom. The molecule has 1 fully saturated rings. The quantitative estimate of drug-likeness (QED) is 0.655. The summed E-state index contributed by atoms with van der Waals surface area (Å²) < 4.78 is 5.45. The number of nitrogens with zero attached hydrogens (tertiary/aromatic N) is 1. The van der Waals surface area contributed by atoms with Gasteiger partial charge < -0.3 is 20.7 Å². The third-order valence-corrected chi connectivity index (χ3v) is 4.43. The molecule has 1 aliphatic rings. The minimum atomic E-state index is -0.165. The third-order valence-electron chi connectivity index (χ3n) is 4.43. The van der Waals surface area contributed by atoms with E-state index in [4.69, 9.17) is 10.5 Å². The second-order valence-corrected chi connectivity index (χ2v) is 6.81. The fourth-order valence-electron chi connectivity index (χ4n) is 2.62. The van der Waals surface area contributed by atoms with E-state index in [2.05, 4.69) is 5.32 Å². The number of hydrogen-bond donors (Lipinski definition) is 2. The van der Waals surface area contributed by atoms with Crippen LogP contribution in [0.15, 0.2) is 0 Å². The lowest BCUT2D eigenvalue weighted by molar-refractivity contribution is -0.139. The maximum absolute atomic E-state index is 12.2. The number of carbonyl (C=O) groups excluding carboxylic acids is 2. The molecule has 0 aliphatic carbocycles. The first-order valence-electron chi connectivity index (χ1n) is 8.76. The van der Waals surface area contributed by atoms with Gasteiger partial charge in [0.15, 0.2) is 0 Å². The molecule has 134 valence electrons. The van der Waals surface area contributed by atoms with Gasteiger partial charge in [0.1, 0.15) is 0 Å². The largest absolute Gasteiger partial charge is 0.379 e. The highest BCUT2D eigenvalue weighted by Crippen LogP contribution is 2.19. The zero-order valence-corrected chi connectivity index (χ0v) is 15.0. The molecule has 1 heterocycles. The van der Waals surface area contributed by atoms with Crippen LogP contribution in [-0.2, 0) is 14.3 Å². The molecule has 0 spiro atoms. The summed E-state index contributed by atoms with van der Waals surface area (Å²) in [7, 11) is 0. The number of ether oxygens (including phenoxy) is 1. The lowest BCUT2D eigenvalue weighted by Gasteiger charge is -2.33. The standard InChI is InChI=1S/C17H33N3O3/c1-12(2)23-11-5-8-19-16(21)15-6-9-20(10-7-15)17(22)13(3)14(4)18/h12-15H,5-11,18H2,1-4H3,(H,19,21). The second-order valence-electron chi connectivity index (χ2n) is 6.81. The van der Waals surface area contributed by atoms with Crippen LogP contribution in [0.3, 0.4) is 0 Å². The number of likely N-dealkylation sites (tertiary alicyclic amines) is 1. The molecular formula is C17H33N3O3. The van der Waals surface area contributed by atoms with Gasteiger partial charge in [0.05, 0.1) is 12.0 Å². The molecule has 2 amide bonds. The van der Waals surface area contributed by atoms with Crippen LogP contribution in [-0.4, -0.2) is 55.1 Å². The number of carbonyl (C=O) groups is 2. The molecule has 6 heteroatoms. The van der Waals surface area contributed by atoms with Crippen molar-refractivity contribution in [3.63, 3.8) is 0 Å². The van der Waals surface area contributed by atoms with Gasteiger partial charge in [-0.15, -0.1) is 0 Å². The molecule has 0 saturated carbocycles. The molecule has 0 aromatic heterocycles. The number of piperidine rings is 1. The average molecular weight is 327 g/mol. The Kier molecular flexibility index (Phi) is 8.55. The van der Waals surface area contributed by atoms with E-state index in [1.165, 1.54) is 0 Å². The minimum Gasteiger partial charge on any atom is -0.379 e. The summed E-state index contributed by atoms with van der Waals surface area (Å²) >= 11 is 0. The summed E-state index contributed by atoms with van der Waals surface area (Å²) in [5, 5.41) is 2.97. The van der Waals surface area contributed by atoms with Gasteiger partial charge in [0, 0.05) is 38.2 Å². The summed E-state index contributed by atoms with van der Waals surface area (Å²) in [6.45, 7) is 10.3. The van der Waals surface area contributed by atoms with Crippen LogP contribution in [0.25, 0.3) is 0 Å². The zero-order valence-electron chi connectivity index (χ0n) is 15.0. The predicted octanol–water partition coefficient (Wildman–Crippen LogP) is 1.14. The second kappa shape index (κ2) is 9.88. The molecule has 23 heavy (non-hydrogen) atoms. The average Bonchev–Trinajstić information content (AvgIpc) is 2.52. The SMILES string of the molecule is CC(C)OCCCNC(=O)C1CCN(C(=O)C(C)C(C)N)CC1. The van der Waals surface area contributed by atoms with E-state index < -0.39 is 0 Å². The highest BCUT2D eigenvalue weighted by Gasteiger charge is 2.30. The Balaban J connectivity index is 2.24. The summed E-state index contributed by atoms with van der Waals surface area (Å²) in [6.07, 6.45) is 2.51. The van der Waals surface area contributed by atoms with Crippen LogP contribution in [0.2, 0.25) is 0 Å². The lowest BCUT2D eigenvalue weighted by Crippen LogP contribution is -2.47. The van der Waals surface area contributed by atoms with Gasteiger partial charge in [0.25, 0.3) is 0 Å². The van der Waals surface area contributed by atoms with Crippen LogP contribution in [0, 0.1) is 11.8 Å². The van der Waals surface area contributed by atoms with Crippen LogP contribution in [0.1, 0.15) is 47.0 Å². The summed E-state index contributed by atoms with van der Waals surface area (Å²) in [5.41, 5.74) is 5.80. The van der Waals surface area contributed by atoms with Gasteiger partial charge in [-0.2, -0.15) is 0 Å². The Hall–Kier alpha value is -1.14. The van der Waals surface area contributed by atoms with Gasteiger partial charge in [-0.3, -0.25) is 9.59 Å².